The van der Waals surface area contributed by atoms with Gasteiger partial charge in [-0.05, 0) is 12.6 Å². The lowest BCUT2D eigenvalue weighted by Crippen LogP contribution is -2.48. The van der Waals surface area contributed by atoms with E-state index in [4.69, 9.17) is 4.74 Å². The highest BCUT2D eigenvalue weighted by Gasteiger charge is 2.22. The summed E-state index contributed by atoms with van der Waals surface area (Å²) in [6.07, 6.45) is 0. The molecule has 21 heavy (non-hydrogen) atoms. The Bertz CT molecular complexity index is 535. The van der Waals surface area contributed by atoms with Gasteiger partial charge in [-0.2, -0.15) is 5.10 Å². The summed E-state index contributed by atoms with van der Waals surface area (Å²) in [5.41, 5.74) is 0.0926. The summed E-state index contributed by atoms with van der Waals surface area (Å²) in [7, 11) is 1.56. The van der Waals surface area contributed by atoms with Gasteiger partial charge >= 0.3 is 0 Å². The van der Waals surface area contributed by atoms with Gasteiger partial charge in [0.15, 0.2) is 0 Å². The van der Waals surface area contributed by atoms with Gasteiger partial charge in [-0.1, -0.05) is 6.92 Å². The third-order valence-corrected chi connectivity index (χ3v) is 3.70. The molecule has 7 heteroatoms. The van der Waals surface area contributed by atoms with Crippen molar-refractivity contribution >= 4 is 5.91 Å². The normalized spacial score (nSPS) is 16.2. The van der Waals surface area contributed by atoms with Gasteiger partial charge in [-0.15, -0.1) is 0 Å². The van der Waals surface area contributed by atoms with Crippen LogP contribution in [0.3, 0.4) is 0 Å². The molecule has 7 nitrogen and oxygen atoms in total. The smallest absolute Gasteiger partial charge is 0.274 e. The predicted octanol–water partition coefficient (Wildman–Crippen LogP) is -0.333. The summed E-state index contributed by atoms with van der Waals surface area (Å²) in [6.45, 7) is 7.01. The molecular weight excluding hydrogens is 272 g/mol. The molecule has 0 saturated carbocycles. The molecule has 0 radical (unpaired) electrons. The molecule has 1 aliphatic rings. The largest absolute Gasteiger partial charge is 0.383 e. The van der Waals surface area contributed by atoms with Gasteiger partial charge in [0.25, 0.3) is 11.5 Å². The fraction of sp³-hybridized carbons (Fsp3) is 0.643. The Morgan fingerprint density at radius 2 is 2.00 bits per heavy atom. The van der Waals surface area contributed by atoms with Crippen molar-refractivity contribution in [3.05, 3.63) is 28.2 Å². The fourth-order valence-electron chi connectivity index (χ4n) is 2.33. The fourth-order valence-corrected chi connectivity index (χ4v) is 2.33. The Hall–Kier alpha value is -1.73. The third-order valence-electron chi connectivity index (χ3n) is 3.70. The van der Waals surface area contributed by atoms with E-state index in [0.717, 1.165) is 19.6 Å². The summed E-state index contributed by atoms with van der Waals surface area (Å²) in [4.78, 5) is 28.2. The Kier molecular flexibility index (Phi) is 5.46. The van der Waals surface area contributed by atoms with Crippen LogP contribution in [0.2, 0.25) is 0 Å². The zero-order chi connectivity index (χ0) is 15.2. The Morgan fingerprint density at radius 1 is 1.29 bits per heavy atom. The standard InChI is InChI=1S/C14H22N4O3/c1-3-16-6-8-17(9-7-16)14(20)12-4-5-13(19)18(15-12)10-11-21-2/h4-5H,3,6-11H2,1-2H3. The van der Waals surface area contributed by atoms with E-state index < -0.39 is 0 Å². The highest BCUT2D eigenvalue weighted by molar-refractivity contribution is 5.92. The van der Waals surface area contributed by atoms with E-state index in [0.29, 0.717) is 31.9 Å². The Labute approximate surface area is 124 Å². The minimum atomic E-state index is -0.223. The van der Waals surface area contributed by atoms with E-state index >= 15 is 0 Å². The van der Waals surface area contributed by atoms with Gasteiger partial charge in [-0.25, -0.2) is 4.68 Å². The van der Waals surface area contributed by atoms with Crippen LogP contribution < -0.4 is 5.56 Å². The van der Waals surface area contributed by atoms with Crippen LogP contribution in [0.5, 0.6) is 0 Å². The molecule has 0 unspecified atom stereocenters. The second-order valence-electron chi connectivity index (χ2n) is 5.00. The van der Waals surface area contributed by atoms with Crippen molar-refractivity contribution in [1.82, 2.24) is 19.6 Å². The summed E-state index contributed by atoms with van der Waals surface area (Å²) in [5.74, 6) is -0.114. The lowest BCUT2D eigenvalue weighted by molar-refractivity contribution is 0.0634. The molecule has 1 amide bonds. The predicted molar refractivity (Wildman–Crippen MR) is 78.4 cm³/mol. The van der Waals surface area contributed by atoms with Crippen LogP contribution in [0.4, 0.5) is 0 Å². The molecule has 0 aromatic carbocycles. The molecule has 2 rings (SSSR count). The maximum absolute atomic E-state index is 12.4. The lowest BCUT2D eigenvalue weighted by atomic mass is 10.2. The molecule has 0 atom stereocenters. The number of piperazine rings is 1. The van der Waals surface area contributed by atoms with Crippen molar-refractivity contribution in [3.63, 3.8) is 0 Å². The van der Waals surface area contributed by atoms with Gasteiger partial charge in [-0.3, -0.25) is 9.59 Å². The van der Waals surface area contributed by atoms with E-state index in [1.165, 1.54) is 16.8 Å². The van der Waals surface area contributed by atoms with Gasteiger partial charge in [0.2, 0.25) is 0 Å². The Balaban J connectivity index is 2.07. The Morgan fingerprint density at radius 3 is 2.62 bits per heavy atom. The molecule has 0 bridgehead atoms. The minimum Gasteiger partial charge on any atom is -0.383 e. The van der Waals surface area contributed by atoms with Crippen LogP contribution in [-0.2, 0) is 11.3 Å². The first-order valence-corrected chi connectivity index (χ1v) is 7.24. The van der Waals surface area contributed by atoms with Crippen LogP contribution in [0.15, 0.2) is 16.9 Å². The van der Waals surface area contributed by atoms with E-state index in [1.807, 2.05) is 0 Å². The van der Waals surface area contributed by atoms with E-state index in [1.54, 1.807) is 12.0 Å². The average Bonchev–Trinajstić information content (AvgIpc) is 2.53. The van der Waals surface area contributed by atoms with Crippen molar-refractivity contribution in [1.29, 1.82) is 0 Å². The number of amides is 1. The monoisotopic (exact) mass is 294 g/mol. The summed E-state index contributed by atoms with van der Waals surface area (Å²) >= 11 is 0. The zero-order valence-corrected chi connectivity index (χ0v) is 12.6. The first kappa shape index (κ1) is 15.7. The van der Waals surface area contributed by atoms with Crippen molar-refractivity contribution in [3.8, 4) is 0 Å². The van der Waals surface area contributed by atoms with Crippen LogP contribution in [0, 0.1) is 0 Å². The van der Waals surface area contributed by atoms with Gasteiger partial charge < -0.3 is 14.5 Å². The lowest BCUT2D eigenvalue weighted by Gasteiger charge is -2.33. The number of hydrogen-bond acceptors (Lipinski definition) is 5. The average molecular weight is 294 g/mol. The van der Waals surface area contributed by atoms with Crippen molar-refractivity contribution < 1.29 is 9.53 Å². The number of carbonyl (C=O) groups excluding carboxylic acids is 1. The molecule has 0 spiro atoms. The van der Waals surface area contributed by atoms with E-state index in [9.17, 15) is 9.59 Å². The molecule has 1 aromatic rings. The van der Waals surface area contributed by atoms with Gasteiger partial charge in [0, 0.05) is 39.4 Å². The number of likely N-dealkylation sites (N-methyl/N-ethyl adjacent to an activating group) is 1. The topological polar surface area (TPSA) is 67.7 Å². The van der Waals surface area contributed by atoms with Gasteiger partial charge in [0.05, 0.1) is 13.2 Å². The van der Waals surface area contributed by atoms with E-state index in [-0.39, 0.29) is 11.5 Å². The number of carbonyl (C=O) groups is 1. The SMILES string of the molecule is CCN1CCN(C(=O)c2ccc(=O)n(CCOC)n2)CC1. The molecule has 0 N–H and O–H groups in total. The number of ether oxygens (including phenoxy) is 1. The molecule has 116 valence electrons. The molecular formula is C14H22N4O3. The quantitative estimate of drug-likeness (QED) is 0.744. The second kappa shape index (κ2) is 7.33. The maximum Gasteiger partial charge on any atom is 0.274 e. The highest BCUT2D eigenvalue weighted by atomic mass is 16.5. The summed E-state index contributed by atoms with van der Waals surface area (Å²) in [6, 6.07) is 2.89. The first-order valence-electron chi connectivity index (χ1n) is 7.24. The van der Waals surface area contributed by atoms with Crippen LogP contribution in [0.1, 0.15) is 17.4 Å². The molecule has 2 heterocycles. The zero-order valence-electron chi connectivity index (χ0n) is 12.6. The molecule has 1 aliphatic heterocycles. The number of aromatic nitrogens is 2. The number of methoxy groups -OCH3 is 1. The number of nitrogens with zero attached hydrogens (tertiary/aromatic N) is 4. The van der Waals surface area contributed by atoms with Crippen LogP contribution >= 0.6 is 0 Å². The molecule has 1 fully saturated rings. The van der Waals surface area contributed by atoms with Gasteiger partial charge in [0.1, 0.15) is 5.69 Å². The first-order chi connectivity index (χ1) is 10.2. The molecule has 1 saturated heterocycles. The van der Waals surface area contributed by atoms with Crippen molar-refractivity contribution in [2.24, 2.45) is 0 Å². The maximum atomic E-state index is 12.4. The van der Waals surface area contributed by atoms with Crippen molar-refractivity contribution in [2.45, 2.75) is 13.5 Å². The van der Waals surface area contributed by atoms with Crippen LogP contribution in [0.25, 0.3) is 0 Å². The minimum absolute atomic E-state index is 0.114. The van der Waals surface area contributed by atoms with E-state index in [2.05, 4.69) is 16.9 Å². The number of hydrogen-bond donors (Lipinski definition) is 0. The molecule has 1 aromatic heterocycles. The third kappa shape index (κ3) is 3.89. The summed E-state index contributed by atoms with van der Waals surface area (Å²) < 4.78 is 6.22. The summed E-state index contributed by atoms with van der Waals surface area (Å²) in [5, 5.41) is 4.14. The molecule has 0 aliphatic carbocycles. The highest BCUT2D eigenvalue weighted by Crippen LogP contribution is 2.06. The van der Waals surface area contributed by atoms with Crippen molar-refractivity contribution in [2.75, 3.05) is 46.4 Å². The second-order valence-corrected chi connectivity index (χ2v) is 5.00. The van der Waals surface area contributed by atoms with Crippen LogP contribution in [-0.4, -0.2) is 71.9 Å². The number of rotatable bonds is 5.